The summed E-state index contributed by atoms with van der Waals surface area (Å²) in [7, 11) is 0. The van der Waals surface area contributed by atoms with Crippen LogP contribution in [0.5, 0.6) is 0 Å². The van der Waals surface area contributed by atoms with Crippen LogP contribution in [0, 0.1) is 0 Å². The molecule has 2 fully saturated rings. The highest BCUT2D eigenvalue weighted by Gasteiger charge is 2.20. The molecule has 2 aliphatic heterocycles. The molecule has 0 spiro atoms. The van der Waals surface area contributed by atoms with Gasteiger partial charge in [0.15, 0.2) is 0 Å². The summed E-state index contributed by atoms with van der Waals surface area (Å²) in [5, 5.41) is 12.1. The Morgan fingerprint density at radius 1 is 1.00 bits per heavy atom. The molecular formula is C20H26ClN7O. The zero-order valence-corrected chi connectivity index (χ0v) is 17.1. The molecule has 9 heteroatoms. The standard InChI is InChI=1S/C20H25N7O.ClH/c1-2-11-26(12-3-1)16-8-6-15(7-9-16)18-23-20(28-25-18)19-22-14-27(24-19)17-5-4-10-21-13-17;/h6-9,14,17,21H,1-5,10-13H2;1H. The van der Waals surface area contributed by atoms with Crippen molar-refractivity contribution in [1.29, 1.82) is 0 Å². The predicted molar refractivity (Wildman–Crippen MR) is 113 cm³/mol. The summed E-state index contributed by atoms with van der Waals surface area (Å²) in [5.74, 6) is 1.41. The van der Waals surface area contributed by atoms with Crippen molar-refractivity contribution in [2.24, 2.45) is 0 Å². The van der Waals surface area contributed by atoms with Crippen molar-refractivity contribution in [1.82, 2.24) is 30.2 Å². The van der Waals surface area contributed by atoms with Crippen molar-refractivity contribution in [3.05, 3.63) is 30.6 Å². The summed E-state index contributed by atoms with van der Waals surface area (Å²) < 4.78 is 7.33. The van der Waals surface area contributed by atoms with Crippen LogP contribution in [0.2, 0.25) is 0 Å². The zero-order chi connectivity index (χ0) is 18.8. The van der Waals surface area contributed by atoms with Crippen LogP contribution < -0.4 is 10.2 Å². The van der Waals surface area contributed by atoms with E-state index in [4.69, 9.17) is 4.52 Å². The van der Waals surface area contributed by atoms with E-state index in [9.17, 15) is 0 Å². The lowest BCUT2D eigenvalue weighted by Gasteiger charge is -2.28. The van der Waals surface area contributed by atoms with Crippen molar-refractivity contribution in [3.8, 4) is 23.1 Å². The monoisotopic (exact) mass is 415 g/mol. The topological polar surface area (TPSA) is 84.9 Å². The van der Waals surface area contributed by atoms with Crippen LogP contribution in [0.1, 0.15) is 38.1 Å². The Morgan fingerprint density at radius 2 is 1.83 bits per heavy atom. The molecule has 0 aliphatic carbocycles. The third-order valence-electron chi connectivity index (χ3n) is 5.62. The number of piperidine rings is 2. The van der Waals surface area contributed by atoms with Gasteiger partial charge in [-0.3, -0.25) is 0 Å². The van der Waals surface area contributed by atoms with Gasteiger partial charge >= 0.3 is 0 Å². The Morgan fingerprint density at radius 3 is 2.59 bits per heavy atom. The van der Waals surface area contributed by atoms with E-state index in [1.807, 2.05) is 4.68 Å². The molecule has 29 heavy (non-hydrogen) atoms. The second-order valence-electron chi connectivity index (χ2n) is 7.57. The highest BCUT2D eigenvalue weighted by atomic mass is 35.5. The van der Waals surface area contributed by atoms with E-state index in [0.717, 1.165) is 44.6 Å². The number of hydrogen-bond donors (Lipinski definition) is 1. The third kappa shape index (κ3) is 4.28. The van der Waals surface area contributed by atoms with E-state index < -0.39 is 0 Å². The maximum Gasteiger partial charge on any atom is 0.297 e. The molecule has 8 nitrogen and oxygen atoms in total. The minimum absolute atomic E-state index is 0. The second-order valence-corrected chi connectivity index (χ2v) is 7.57. The van der Waals surface area contributed by atoms with Crippen molar-refractivity contribution in [2.45, 2.75) is 38.1 Å². The molecule has 1 N–H and O–H groups in total. The van der Waals surface area contributed by atoms with E-state index in [2.05, 4.69) is 54.7 Å². The molecule has 1 aromatic carbocycles. The van der Waals surface area contributed by atoms with Crippen LogP contribution in [-0.2, 0) is 0 Å². The van der Waals surface area contributed by atoms with Crippen molar-refractivity contribution in [3.63, 3.8) is 0 Å². The van der Waals surface area contributed by atoms with Crippen molar-refractivity contribution in [2.75, 3.05) is 31.1 Å². The molecule has 5 rings (SSSR count). The van der Waals surface area contributed by atoms with Crippen LogP contribution in [0.3, 0.4) is 0 Å². The fourth-order valence-electron chi connectivity index (χ4n) is 4.01. The Labute approximate surface area is 176 Å². The summed E-state index contributed by atoms with van der Waals surface area (Å²) in [5.41, 5.74) is 2.19. The lowest BCUT2D eigenvalue weighted by atomic mass is 10.1. The van der Waals surface area contributed by atoms with E-state index in [0.29, 0.717) is 23.6 Å². The maximum absolute atomic E-state index is 5.43. The van der Waals surface area contributed by atoms with Gasteiger partial charge in [-0.1, -0.05) is 5.16 Å². The number of aromatic nitrogens is 5. The van der Waals surface area contributed by atoms with Gasteiger partial charge in [0.1, 0.15) is 6.33 Å². The summed E-state index contributed by atoms with van der Waals surface area (Å²) in [4.78, 5) is 11.3. The van der Waals surface area contributed by atoms with Gasteiger partial charge in [0.2, 0.25) is 11.6 Å². The Kier molecular flexibility index (Phi) is 6.10. The molecule has 1 atom stereocenters. The van der Waals surface area contributed by atoms with E-state index in [-0.39, 0.29) is 12.4 Å². The largest absolute Gasteiger partial charge is 0.372 e. The quantitative estimate of drug-likeness (QED) is 0.699. The van der Waals surface area contributed by atoms with E-state index in [1.54, 1.807) is 6.33 Å². The van der Waals surface area contributed by atoms with Crippen molar-refractivity contribution >= 4 is 18.1 Å². The van der Waals surface area contributed by atoms with Gasteiger partial charge in [0.05, 0.1) is 6.04 Å². The van der Waals surface area contributed by atoms with Gasteiger partial charge in [0, 0.05) is 30.9 Å². The first kappa shape index (κ1) is 19.8. The molecule has 1 unspecified atom stereocenters. The smallest absolute Gasteiger partial charge is 0.297 e. The third-order valence-corrected chi connectivity index (χ3v) is 5.62. The van der Waals surface area contributed by atoms with Crippen LogP contribution >= 0.6 is 12.4 Å². The summed E-state index contributed by atoms with van der Waals surface area (Å²) in [6.45, 7) is 4.26. The first-order valence-corrected chi connectivity index (χ1v) is 10.2. The summed E-state index contributed by atoms with van der Waals surface area (Å²) in [6, 6.07) is 8.72. The molecule has 2 aliphatic rings. The molecule has 2 saturated heterocycles. The molecule has 2 aromatic heterocycles. The van der Waals surface area contributed by atoms with E-state index >= 15 is 0 Å². The number of nitrogens with zero attached hydrogens (tertiary/aromatic N) is 6. The zero-order valence-electron chi connectivity index (χ0n) is 16.3. The van der Waals surface area contributed by atoms with Gasteiger partial charge in [0.25, 0.3) is 5.89 Å². The average Bonchev–Trinajstić information content (AvgIpc) is 3.45. The fraction of sp³-hybridized carbons (Fsp3) is 0.500. The maximum atomic E-state index is 5.43. The van der Waals surface area contributed by atoms with Crippen LogP contribution in [-0.4, -0.2) is 51.1 Å². The lowest BCUT2D eigenvalue weighted by molar-refractivity contribution is 0.345. The second kappa shape index (κ2) is 8.92. The van der Waals surface area contributed by atoms with Gasteiger partial charge in [-0.05, 0) is 62.9 Å². The Bertz CT molecular complexity index is 911. The summed E-state index contributed by atoms with van der Waals surface area (Å²) >= 11 is 0. The highest BCUT2D eigenvalue weighted by Crippen LogP contribution is 2.25. The molecule has 0 bridgehead atoms. The molecule has 0 saturated carbocycles. The minimum atomic E-state index is 0. The fourth-order valence-corrected chi connectivity index (χ4v) is 4.01. The Balaban J connectivity index is 0.00000205. The normalized spacial score (nSPS) is 19.7. The Hall–Kier alpha value is -2.45. The number of rotatable bonds is 4. The van der Waals surface area contributed by atoms with Gasteiger partial charge in [-0.15, -0.1) is 17.5 Å². The number of nitrogens with one attached hydrogen (secondary N) is 1. The van der Waals surface area contributed by atoms with Crippen molar-refractivity contribution < 1.29 is 4.52 Å². The van der Waals surface area contributed by atoms with E-state index in [1.165, 1.54) is 24.9 Å². The molecule has 0 amide bonds. The molecule has 0 radical (unpaired) electrons. The van der Waals surface area contributed by atoms with Crippen LogP contribution in [0.15, 0.2) is 35.1 Å². The molecule has 4 heterocycles. The number of halogens is 1. The lowest BCUT2D eigenvalue weighted by Crippen LogP contribution is -2.31. The number of hydrogen-bond acceptors (Lipinski definition) is 7. The van der Waals surface area contributed by atoms with Crippen LogP contribution in [0.25, 0.3) is 23.1 Å². The molecule has 154 valence electrons. The van der Waals surface area contributed by atoms with Gasteiger partial charge in [-0.2, -0.15) is 4.98 Å². The average molecular weight is 416 g/mol. The van der Waals surface area contributed by atoms with Gasteiger partial charge < -0.3 is 14.7 Å². The van der Waals surface area contributed by atoms with Gasteiger partial charge in [-0.25, -0.2) is 9.67 Å². The first-order valence-electron chi connectivity index (χ1n) is 10.2. The molecule has 3 aromatic rings. The molecular weight excluding hydrogens is 390 g/mol. The highest BCUT2D eigenvalue weighted by molar-refractivity contribution is 5.85. The minimum Gasteiger partial charge on any atom is -0.372 e. The SMILES string of the molecule is Cl.c1cc(N2CCCCC2)ccc1-c1noc(-c2ncn(C3CCCNC3)n2)n1. The first-order chi connectivity index (χ1) is 13.9. The van der Waals surface area contributed by atoms with Crippen LogP contribution in [0.4, 0.5) is 5.69 Å². The number of anilines is 1. The summed E-state index contributed by atoms with van der Waals surface area (Å²) in [6.07, 6.45) is 7.89. The predicted octanol–water partition coefficient (Wildman–Crippen LogP) is 3.33. The number of benzene rings is 1.